The number of hydrogen-bond acceptors (Lipinski definition) is 6. The molecule has 2 fully saturated rings. The maximum atomic E-state index is 12.8. The molecule has 8 heteroatoms. The molecule has 2 atom stereocenters. The van der Waals surface area contributed by atoms with Crippen LogP contribution < -0.4 is 0 Å². The van der Waals surface area contributed by atoms with Gasteiger partial charge >= 0.3 is 0 Å². The number of ether oxygens (including phenoxy) is 1. The number of amides is 1. The van der Waals surface area contributed by atoms with E-state index in [0.717, 1.165) is 45.8 Å². The summed E-state index contributed by atoms with van der Waals surface area (Å²) >= 11 is 0. The number of piperazine rings is 1. The van der Waals surface area contributed by atoms with Crippen molar-refractivity contribution in [2.75, 3.05) is 52.4 Å². The number of carbonyl (C=O) groups is 1. The van der Waals surface area contributed by atoms with Crippen LogP contribution in [0.1, 0.15) is 13.8 Å². The van der Waals surface area contributed by atoms with Crippen LogP contribution in [0.25, 0.3) is 0 Å². The fourth-order valence-corrected chi connectivity index (χ4v) is 3.44. The second-order valence-corrected chi connectivity index (χ2v) is 6.54. The molecule has 0 aromatic carbocycles. The van der Waals surface area contributed by atoms with E-state index in [1.54, 1.807) is 11.0 Å². The zero-order valence-electron chi connectivity index (χ0n) is 14.7. The number of aromatic nitrogens is 3. The van der Waals surface area contributed by atoms with Crippen LogP contribution in [0.3, 0.4) is 0 Å². The van der Waals surface area contributed by atoms with Gasteiger partial charge < -0.3 is 14.5 Å². The van der Waals surface area contributed by atoms with Crippen LogP contribution in [-0.2, 0) is 16.1 Å². The molecule has 134 valence electrons. The summed E-state index contributed by atoms with van der Waals surface area (Å²) in [4.78, 5) is 23.4. The van der Waals surface area contributed by atoms with E-state index in [1.165, 1.54) is 6.33 Å². The van der Waals surface area contributed by atoms with Gasteiger partial charge in [-0.3, -0.25) is 14.4 Å². The molecule has 0 bridgehead atoms. The minimum Gasteiger partial charge on any atom is -0.374 e. The Morgan fingerprint density at radius 1 is 1.29 bits per heavy atom. The molecule has 0 radical (unpaired) electrons. The molecule has 3 heterocycles. The fraction of sp³-hybridized carbons (Fsp3) is 0.812. The maximum Gasteiger partial charge on any atom is 0.239 e. The average Bonchev–Trinajstić information content (AvgIpc) is 3.14. The number of nitrogens with zero attached hydrogens (tertiary/aromatic N) is 6. The van der Waals surface area contributed by atoms with Gasteiger partial charge in [0, 0.05) is 39.3 Å². The molecule has 2 aliphatic rings. The molecule has 2 aliphatic heterocycles. The lowest BCUT2D eigenvalue weighted by atomic mass is 10.1. The van der Waals surface area contributed by atoms with E-state index >= 15 is 0 Å². The Kier molecular flexibility index (Phi) is 5.80. The Bertz CT molecular complexity index is 515. The monoisotopic (exact) mass is 336 g/mol. The van der Waals surface area contributed by atoms with E-state index in [2.05, 4.69) is 26.8 Å². The second kappa shape index (κ2) is 8.04. The summed E-state index contributed by atoms with van der Waals surface area (Å²) in [5.41, 5.74) is 0. The molecule has 0 aliphatic carbocycles. The molecule has 0 spiro atoms. The Morgan fingerprint density at radius 3 is 2.75 bits per heavy atom. The van der Waals surface area contributed by atoms with Gasteiger partial charge in [0.15, 0.2) is 0 Å². The number of carbonyl (C=O) groups excluding carboxylic acids is 1. The van der Waals surface area contributed by atoms with E-state index in [4.69, 9.17) is 4.74 Å². The third-order valence-corrected chi connectivity index (χ3v) is 5.06. The molecule has 3 rings (SSSR count). The van der Waals surface area contributed by atoms with Gasteiger partial charge in [-0.1, -0.05) is 6.92 Å². The average molecular weight is 336 g/mol. The summed E-state index contributed by atoms with van der Waals surface area (Å²) in [5, 5.41) is 4.13. The molecule has 0 N–H and O–H groups in total. The van der Waals surface area contributed by atoms with Gasteiger partial charge in [0.25, 0.3) is 0 Å². The lowest BCUT2D eigenvalue weighted by Crippen LogP contribution is -2.57. The van der Waals surface area contributed by atoms with Gasteiger partial charge in [-0.05, 0) is 13.5 Å². The van der Waals surface area contributed by atoms with Gasteiger partial charge in [-0.15, -0.1) is 0 Å². The van der Waals surface area contributed by atoms with Gasteiger partial charge in [0.2, 0.25) is 5.91 Å². The molecule has 1 amide bonds. The first-order valence-corrected chi connectivity index (χ1v) is 8.86. The first-order valence-electron chi connectivity index (χ1n) is 8.86. The molecular weight excluding hydrogens is 308 g/mol. The van der Waals surface area contributed by atoms with Crippen LogP contribution in [-0.4, -0.2) is 99.9 Å². The normalized spacial score (nSPS) is 24.9. The van der Waals surface area contributed by atoms with Gasteiger partial charge in [-0.2, -0.15) is 5.10 Å². The summed E-state index contributed by atoms with van der Waals surface area (Å²) in [6, 6.07) is -0.0969. The summed E-state index contributed by atoms with van der Waals surface area (Å²) in [6.07, 6.45) is 3.28. The van der Waals surface area contributed by atoms with Crippen molar-refractivity contribution in [1.29, 1.82) is 0 Å². The highest BCUT2D eigenvalue weighted by Gasteiger charge is 2.31. The van der Waals surface area contributed by atoms with Crippen molar-refractivity contribution in [1.82, 2.24) is 29.5 Å². The molecule has 0 saturated carbocycles. The highest BCUT2D eigenvalue weighted by molar-refractivity contribution is 5.81. The minimum atomic E-state index is -0.0969. The summed E-state index contributed by atoms with van der Waals surface area (Å²) < 4.78 is 7.61. The molecule has 8 nitrogen and oxygen atoms in total. The van der Waals surface area contributed by atoms with E-state index in [9.17, 15) is 4.79 Å². The van der Waals surface area contributed by atoms with E-state index in [1.807, 2.05) is 11.8 Å². The Morgan fingerprint density at radius 2 is 2.08 bits per heavy atom. The molecule has 1 aromatic heterocycles. The predicted molar refractivity (Wildman–Crippen MR) is 89.5 cm³/mol. The van der Waals surface area contributed by atoms with Crippen LogP contribution in [0.2, 0.25) is 0 Å². The van der Waals surface area contributed by atoms with E-state index < -0.39 is 0 Å². The third-order valence-electron chi connectivity index (χ3n) is 5.06. The smallest absolute Gasteiger partial charge is 0.239 e. The zero-order chi connectivity index (χ0) is 16.9. The zero-order valence-corrected chi connectivity index (χ0v) is 14.7. The summed E-state index contributed by atoms with van der Waals surface area (Å²) in [6.45, 7) is 11.8. The number of hydrogen-bond donors (Lipinski definition) is 0. The highest BCUT2D eigenvalue weighted by Crippen LogP contribution is 2.13. The standard InChI is InChI=1S/C16H28N6O2/c1-3-19-4-6-20(7-5-19)16(23)14(2)21-8-9-24-15(10-21)11-22-13-17-12-18-22/h12-15H,3-11H2,1-2H3/t14-,15-/m1/s1. The van der Waals surface area contributed by atoms with Crippen molar-refractivity contribution in [2.24, 2.45) is 0 Å². The lowest BCUT2D eigenvalue weighted by molar-refractivity contribution is -0.141. The second-order valence-electron chi connectivity index (χ2n) is 6.54. The van der Waals surface area contributed by atoms with Crippen LogP contribution in [0.15, 0.2) is 12.7 Å². The van der Waals surface area contributed by atoms with Crippen molar-refractivity contribution in [3.8, 4) is 0 Å². The van der Waals surface area contributed by atoms with E-state index in [0.29, 0.717) is 13.2 Å². The first-order chi connectivity index (χ1) is 11.7. The van der Waals surface area contributed by atoms with Crippen LogP contribution in [0, 0.1) is 0 Å². The fourth-order valence-electron chi connectivity index (χ4n) is 3.44. The number of morpholine rings is 1. The number of likely N-dealkylation sites (N-methyl/N-ethyl adjacent to an activating group) is 1. The minimum absolute atomic E-state index is 0.0487. The lowest BCUT2D eigenvalue weighted by Gasteiger charge is -2.40. The van der Waals surface area contributed by atoms with Crippen molar-refractivity contribution in [3.05, 3.63) is 12.7 Å². The quantitative estimate of drug-likeness (QED) is 0.724. The molecule has 1 aromatic rings. The van der Waals surface area contributed by atoms with Crippen molar-refractivity contribution >= 4 is 5.91 Å². The van der Waals surface area contributed by atoms with Crippen LogP contribution in [0.5, 0.6) is 0 Å². The first kappa shape index (κ1) is 17.3. The van der Waals surface area contributed by atoms with Crippen LogP contribution >= 0.6 is 0 Å². The van der Waals surface area contributed by atoms with Gasteiger partial charge in [0.1, 0.15) is 12.7 Å². The number of rotatable bonds is 5. The Labute approximate surface area is 143 Å². The van der Waals surface area contributed by atoms with Gasteiger partial charge in [0.05, 0.1) is 25.3 Å². The molecule has 0 unspecified atom stereocenters. The van der Waals surface area contributed by atoms with Crippen LogP contribution in [0.4, 0.5) is 0 Å². The summed E-state index contributed by atoms with van der Waals surface area (Å²) in [5.74, 6) is 0.243. The third kappa shape index (κ3) is 4.12. The van der Waals surface area contributed by atoms with Gasteiger partial charge in [-0.25, -0.2) is 4.98 Å². The molecule has 24 heavy (non-hydrogen) atoms. The molecule has 2 saturated heterocycles. The highest BCUT2D eigenvalue weighted by atomic mass is 16.5. The Balaban J connectivity index is 1.52. The topological polar surface area (TPSA) is 66.7 Å². The largest absolute Gasteiger partial charge is 0.374 e. The van der Waals surface area contributed by atoms with Crippen molar-refractivity contribution in [3.63, 3.8) is 0 Å². The maximum absolute atomic E-state index is 12.8. The molecular formula is C16H28N6O2. The summed E-state index contributed by atoms with van der Waals surface area (Å²) in [7, 11) is 0. The van der Waals surface area contributed by atoms with E-state index in [-0.39, 0.29) is 18.1 Å². The van der Waals surface area contributed by atoms with Crippen molar-refractivity contribution < 1.29 is 9.53 Å². The Hall–Kier alpha value is -1.51. The SMILES string of the molecule is CCN1CCN(C(=O)[C@@H](C)N2CCO[C@@H](Cn3cncn3)C2)CC1. The predicted octanol–water partition coefficient (Wildman–Crippen LogP) is -0.468. The van der Waals surface area contributed by atoms with Crippen molar-refractivity contribution in [2.45, 2.75) is 32.5 Å².